The molecule has 0 aromatic heterocycles. The third-order valence-corrected chi connectivity index (χ3v) is 7.92. The average molecular weight is 660 g/mol. The largest absolute Gasteiger partial charge is 0.444 e. The first-order chi connectivity index (χ1) is 22.8. The van der Waals surface area contributed by atoms with Crippen molar-refractivity contribution in [1.29, 1.82) is 0 Å². The Morgan fingerprint density at radius 1 is 0.688 bits per heavy atom. The van der Waals surface area contributed by atoms with Crippen LogP contribution in [0.1, 0.15) is 64.2 Å². The zero-order valence-corrected chi connectivity index (χ0v) is 28.9. The number of alkyl carbamates (subject to hydrolysis) is 1. The summed E-state index contributed by atoms with van der Waals surface area (Å²) in [4.78, 5) is 40.5. The Balaban J connectivity index is 1.82. The van der Waals surface area contributed by atoms with E-state index in [0.717, 1.165) is 16.7 Å². The van der Waals surface area contributed by atoms with Gasteiger partial charge >= 0.3 is 6.09 Å². The smallest absolute Gasteiger partial charge is 0.407 e. The van der Waals surface area contributed by atoms with E-state index in [-0.39, 0.29) is 30.8 Å². The SMILES string of the molecule is CC(C)C[C@H](NC(=O)[C@H](Cc1ccccc1)C[C@H](O)[C@H](Cc1ccccc1)NC(=O)OC(C)(C)C)C(=O)NC(CO)Cc1ccccc1. The van der Waals surface area contributed by atoms with Gasteiger partial charge < -0.3 is 30.9 Å². The number of aliphatic hydroxyl groups excluding tert-OH is 2. The summed E-state index contributed by atoms with van der Waals surface area (Å²) in [6.45, 7) is 9.00. The quantitative estimate of drug-likeness (QED) is 0.139. The first-order valence-corrected chi connectivity index (χ1v) is 16.8. The van der Waals surface area contributed by atoms with Crippen molar-refractivity contribution < 1.29 is 29.3 Å². The second kappa shape index (κ2) is 19.0. The van der Waals surface area contributed by atoms with Crippen LogP contribution in [-0.2, 0) is 33.6 Å². The molecule has 48 heavy (non-hydrogen) atoms. The summed E-state index contributed by atoms with van der Waals surface area (Å²) in [6.07, 6.45) is -0.272. The second-order valence-electron chi connectivity index (χ2n) is 13.9. The monoisotopic (exact) mass is 659 g/mol. The molecule has 3 amide bonds. The normalized spacial score (nSPS) is 14.7. The maximum atomic E-state index is 14.1. The third-order valence-electron chi connectivity index (χ3n) is 7.92. The molecule has 3 rings (SSSR count). The van der Waals surface area contributed by atoms with Gasteiger partial charge in [0, 0.05) is 5.92 Å². The van der Waals surface area contributed by atoms with E-state index in [4.69, 9.17) is 4.74 Å². The minimum Gasteiger partial charge on any atom is -0.444 e. The molecule has 9 nitrogen and oxygen atoms in total. The Kier molecular flexibility index (Phi) is 15.1. The van der Waals surface area contributed by atoms with Gasteiger partial charge in [0.2, 0.25) is 11.8 Å². The van der Waals surface area contributed by atoms with Crippen LogP contribution in [0.15, 0.2) is 91.0 Å². The molecule has 0 aliphatic heterocycles. The van der Waals surface area contributed by atoms with Gasteiger partial charge in [0.05, 0.1) is 24.8 Å². The second-order valence-corrected chi connectivity index (χ2v) is 13.9. The van der Waals surface area contributed by atoms with Crippen LogP contribution < -0.4 is 16.0 Å². The van der Waals surface area contributed by atoms with Gasteiger partial charge in [-0.2, -0.15) is 0 Å². The summed E-state index contributed by atoms with van der Waals surface area (Å²) >= 11 is 0. The number of carbonyl (C=O) groups is 3. The summed E-state index contributed by atoms with van der Waals surface area (Å²) in [7, 11) is 0. The fourth-order valence-corrected chi connectivity index (χ4v) is 5.60. The highest BCUT2D eigenvalue weighted by Crippen LogP contribution is 2.20. The predicted molar refractivity (Wildman–Crippen MR) is 188 cm³/mol. The van der Waals surface area contributed by atoms with Crippen molar-refractivity contribution in [2.24, 2.45) is 11.8 Å². The number of ether oxygens (including phenoxy) is 1. The van der Waals surface area contributed by atoms with E-state index in [9.17, 15) is 24.6 Å². The van der Waals surface area contributed by atoms with Crippen LogP contribution in [0.25, 0.3) is 0 Å². The van der Waals surface area contributed by atoms with E-state index in [0.29, 0.717) is 25.7 Å². The summed E-state index contributed by atoms with van der Waals surface area (Å²) < 4.78 is 5.50. The van der Waals surface area contributed by atoms with Crippen molar-refractivity contribution in [1.82, 2.24) is 16.0 Å². The molecule has 1 unspecified atom stereocenters. The fraction of sp³-hybridized carbons (Fsp3) is 0.462. The van der Waals surface area contributed by atoms with E-state index in [1.807, 2.05) is 105 Å². The topological polar surface area (TPSA) is 137 Å². The summed E-state index contributed by atoms with van der Waals surface area (Å²) in [5.41, 5.74) is 2.05. The van der Waals surface area contributed by atoms with Gasteiger partial charge in [-0.3, -0.25) is 9.59 Å². The summed E-state index contributed by atoms with van der Waals surface area (Å²) in [6, 6.07) is 26.5. The lowest BCUT2D eigenvalue weighted by molar-refractivity contribution is -0.132. The molecule has 5 N–H and O–H groups in total. The highest BCUT2D eigenvalue weighted by molar-refractivity contribution is 5.88. The number of hydrogen-bond acceptors (Lipinski definition) is 6. The number of carbonyl (C=O) groups excluding carboxylic acids is 3. The maximum Gasteiger partial charge on any atom is 0.407 e. The molecule has 0 aliphatic carbocycles. The fourth-order valence-electron chi connectivity index (χ4n) is 5.60. The number of benzene rings is 3. The van der Waals surface area contributed by atoms with Gasteiger partial charge in [0.15, 0.2) is 0 Å². The lowest BCUT2D eigenvalue weighted by Gasteiger charge is -2.30. The molecule has 9 heteroatoms. The zero-order chi connectivity index (χ0) is 35.1. The summed E-state index contributed by atoms with van der Waals surface area (Å²) in [5.74, 6) is -1.38. The Labute approximate surface area is 285 Å². The molecule has 0 spiro atoms. The first kappa shape index (κ1) is 38.2. The van der Waals surface area contributed by atoms with Crippen molar-refractivity contribution in [3.63, 3.8) is 0 Å². The molecule has 0 fully saturated rings. The number of aliphatic hydroxyl groups is 2. The molecule has 3 aromatic rings. The molecule has 0 radical (unpaired) electrons. The number of rotatable bonds is 17. The molecule has 0 aliphatic rings. The average Bonchev–Trinajstić information content (AvgIpc) is 3.03. The Bertz CT molecular complexity index is 1400. The molecule has 3 aromatic carbocycles. The van der Waals surface area contributed by atoms with Crippen LogP contribution in [0.4, 0.5) is 4.79 Å². The molecule has 260 valence electrons. The van der Waals surface area contributed by atoms with Crippen LogP contribution >= 0.6 is 0 Å². The third kappa shape index (κ3) is 13.9. The number of hydrogen-bond donors (Lipinski definition) is 5. The van der Waals surface area contributed by atoms with E-state index >= 15 is 0 Å². The Morgan fingerprint density at radius 3 is 1.67 bits per heavy atom. The Morgan fingerprint density at radius 2 is 1.19 bits per heavy atom. The predicted octanol–water partition coefficient (Wildman–Crippen LogP) is 4.98. The molecular weight excluding hydrogens is 606 g/mol. The minimum atomic E-state index is -1.11. The van der Waals surface area contributed by atoms with Crippen molar-refractivity contribution in [2.75, 3.05) is 6.61 Å². The molecular formula is C39H53N3O6. The minimum absolute atomic E-state index is 0.0251. The molecule has 0 saturated heterocycles. The van der Waals surface area contributed by atoms with Crippen molar-refractivity contribution in [2.45, 2.75) is 96.6 Å². The van der Waals surface area contributed by atoms with Gasteiger partial charge in [-0.15, -0.1) is 0 Å². The standard InChI is InChI=1S/C39H53N3O6/c1-27(2)21-34(37(46)40-32(26-43)23-29-17-11-7-12-18-29)41-36(45)31(22-28-15-9-6-10-16-28)25-35(44)33(24-30-19-13-8-14-20-30)42-38(47)48-39(3,4)5/h6-20,27,31-35,43-44H,21-26H2,1-5H3,(H,40,46)(H,41,45)(H,42,47)/t31-,32?,33+,34+,35+/m1/s1. The van der Waals surface area contributed by atoms with E-state index in [2.05, 4.69) is 16.0 Å². The van der Waals surface area contributed by atoms with Gasteiger partial charge in [-0.05, 0) is 75.5 Å². The van der Waals surface area contributed by atoms with Crippen LogP contribution in [-0.4, -0.2) is 64.6 Å². The maximum absolute atomic E-state index is 14.1. The molecule has 5 atom stereocenters. The lowest BCUT2D eigenvalue weighted by atomic mass is 9.88. The highest BCUT2D eigenvalue weighted by Gasteiger charge is 2.32. The van der Waals surface area contributed by atoms with Crippen molar-refractivity contribution >= 4 is 17.9 Å². The van der Waals surface area contributed by atoms with E-state index < -0.39 is 41.8 Å². The van der Waals surface area contributed by atoms with Crippen LogP contribution in [0.3, 0.4) is 0 Å². The first-order valence-electron chi connectivity index (χ1n) is 16.8. The van der Waals surface area contributed by atoms with Crippen molar-refractivity contribution in [3.05, 3.63) is 108 Å². The van der Waals surface area contributed by atoms with Crippen LogP contribution in [0, 0.1) is 11.8 Å². The van der Waals surface area contributed by atoms with Gasteiger partial charge in [0.1, 0.15) is 11.6 Å². The zero-order valence-electron chi connectivity index (χ0n) is 28.9. The lowest BCUT2D eigenvalue weighted by Crippen LogP contribution is -2.53. The van der Waals surface area contributed by atoms with Crippen LogP contribution in [0.2, 0.25) is 0 Å². The Hall–Kier alpha value is -4.21. The van der Waals surface area contributed by atoms with E-state index in [1.54, 1.807) is 20.8 Å². The van der Waals surface area contributed by atoms with Crippen LogP contribution in [0.5, 0.6) is 0 Å². The van der Waals surface area contributed by atoms with E-state index in [1.165, 1.54) is 0 Å². The van der Waals surface area contributed by atoms with Gasteiger partial charge in [-0.25, -0.2) is 4.79 Å². The van der Waals surface area contributed by atoms with Crippen molar-refractivity contribution in [3.8, 4) is 0 Å². The number of nitrogens with one attached hydrogen (secondary N) is 3. The van der Waals surface area contributed by atoms with Gasteiger partial charge in [0.25, 0.3) is 0 Å². The molecule has 0 bridgehead atoms. The van der Waals surface area contributed by atoms with Gasteiger partial charge in [-0.1, -0.05) is 105 Å². The number of amides is 3. The molecule has 0 heterocycles. The summed E-state index contributed by atoms with van der Waals surface area (Å²) in [5, 5.41) is 30.4. The highest BCUT2D eigenvalue weighted by atomic mass is 16.6. The molecule has 0 saturated carbocycles.